The zero-order valence-electron chi connectivity index (χ0n) is 11.2. The van der Waals surface area contributed by atoms with Crippen molar-refractivity contribution in [2.24, 2.45) is 0 Å². The van der Waals surface area contributed by atoms with Crippen molar-refractivity contribution in [1.29, 1.82) is 0 Å². The van der Waals surface area contributed by atoms with Crippen LogP contribution in [0.4, 0.5) is 8.78 Å². The number of likely N-dealkylation sites (N-methyl/N-ethyl adjacent to an activating group) is 1. The molecule has 1 N–H and O–H groups in total. The van der Waals surface area contributed by atoms with Gasteiger partial charge in [-0.25, -0.2) is 8.78 Å². The lowest BCUT2D eigenvalue weighted by atomic mass is 9.99. The highest BCUT2D eigenvalue weighted by Gasteiger charge is 2.12. The van der Waals surface area contributed by atoms with Gasteiger partial charge in [-0.2, -0.15) is 0 Å². The second-order valence-corrected chi connectivity index (χ2v) is 5.86. The molecule has 0 aromatic heterocycles. The van der Waals surface area contributed by atoms with Crippen LogP contribution < -0.4 is 5.32 Å². The van der Waals surface area contributed by atoms with Gasteiger partial charge in [-0.15, -0.1) is 0 Å². The molecule has 2 rings (SSSR count). The number of halogens is 3. The monoisotopic (exact) mass is 387 g/mol. The lowest BCUT2D eigenvalue weighted by Gasteiger charge is -2.18. The highest BCUT2D eigenvalue weighted by molar-refractivity contribution is 14.1. The molecule has 0 spiro atoms. The van der Waals surface area contributed by atoms with Crippen LogP contribution >= 0.6 is 22.6 Å². The summed E-state index contributed by atoms with van der Waals surface area (Å²) < 4.78 is 27.4. The van der Waals surface area contributed by atoms with Crippen LogP contribution in [-0.2, 0) is 6.42 Å². The quantitative estimate of drug-likeness (QED) is 0.747. The van der Waals surface area contributed by atoms with E-state index in [1.54, 1.807) is 6.07 Å². The Labute approximate surface area is 131 Å². The van der Waals surface area contributed by atoms with E-state index in [0.717, 1.165) is 17.7 Å². The van der Waals surface area contributed by atoms with E-state index in [9.17, 15) is 8.78 Å². The summed E-state index contributed by atoms with van der Waals surface area (Å²) in [5, 5.41) is 3.38. The Morgan fingerprint density at radius 2 is 1.75 bits per heavy atom. The zero-order valence-corrected chi connectivity index (χ0v) is 13.3. The van der Waals surface area contributed by atoms with E-state index >= 15 is 0 Å². The fourth-order valence-electron chi connectivity index (χ4n) is 2.15. The molecule has 0 saturated carbocycles. The van der Waals surface area contributed by atoms with Gasteiger partial charge in [-0.1, -0.05) is 25.1 Å². The summed E-state index contributed by atoms with van der Waals surface area (Å²) in [7, 11) is 0. The average Bonchev–Trinajstić information content (AvgIpc) is 2.43. The van der Waals surface area contributed by atoms with Crippen LogP contribution in [0.25, 0.3) is 0 Å². The number of rotatable bonds is 5. The Balaban J connectivity index is 2.20. The van der Waals surface area contributed by atoms with Gasteiger partial charge < -0.3 is 5.32 Å². The van der Waals surface area contributed by atoms with E-state index in [0.29, 0.717) is 6.42 Å². The van der Waals surface area contributed by atoms with E-state index < -0.39 is 11.6 Å². The van der Waals surface area contributed by atoms with Crippen molar-refractivity contribution in [3.8, 4) is 0 Å². The predicted molar refractivity (Wildman–Crippen MR) is 85.6 cm³/mol. The van der Waals surface area contributed by atoms with Gasteiger partial charge in [0.05, 0.1) is 0 Å². The first-order chi connectivity index (χ1) is 9.60. The van der Waals surface area contributed by atoms with Crippen molar-refractivity contribution < 1.29 is 8.78 Å². The molecule has 20 heavy (non-hydrogen) atoms. The van der Waals surface area contributed by atoms with Crippen LogP contribution in [0.5, 0.6) is 0 Å². The lowest BCUT2D eigenvalue weighted by molar-refractivity contribution is 0.502. The molecule has 0 saturated heterocycles. The SMILES string of the molecule is CCNC(Cc1ccc(F)c(F)c1)c1ccc(I)cc1. The number of benzene rings is 2. The van der Waals surface area contributed by atoms with Gasteiger partial charge in [0.15, 0.2) is 11.6 Å². The fraction of sp³-hybridized carbons (Fsp3) is 0.250. The molecule has 4 heteroatoms. The lowest BCUT2D eigenvalue weighted by Crippen LogP contribution is -2.23. The van der Waals surface area contributed by atoms with E-state index in [4.69, 9.17) is 0 Å². The predicted octanol–water partition coefficient (Wildman–Crippen LogP) is 4.46. The summed E-state index contributed by atoms with van der Waals surface area (Å²) in [6, 6.07) is 12.4. The van der Waals surface area contributed by atoms with Gasteiger partial charge in [-0.3, -0.25) is 0 Å². The molecule has 1 nitrogen and oxygen atoms in total. The molecule has 0 aliphatic heterocycles. The van der Waals surface area contributed by atoms with Gasteiger partial charge >= 0.3 is 0 Å². The van der Waals surface area contributed by atoms with Crippen molar-refractivity contribution in [2.75, 3.05) is 6.54 Å². The summed E-state index contributed by atoms with van der Waals surface area (Å²) >= 11 is 2.26. The summed E-state index contributed by atoms with van der Waals surface area (Å²) in [5.74, 6) is -1.59. The standard InChI is InChI=1S/C16H16F2IN/c1-2-20-16(12-4-6-13(19)7-5-12)10-11-3-8-14(17)15(18)9-11/h3-9,16,20H,2,10H2,1H3. The summed E-state index contributed by atoms with van der Waals surface area (Å²) in [5.41, 5.74) is 1.94. The van der Waals surface area contributed by atoms with Gasteiger partial charge in [0.1, 0.15) is 0 Å². The molecule has 0 heterocycles. The van der Waals surface area contributed by atoms with Crippen LogP contribution in [0.1, 0.15) is 24.1 Å². The van der Waals surface area contributed by atoms with E-state index in [1.807, 2.05) is 19.1 Å². The maximum Gasteiger partial charge on any atom is 0.159 e. The maximum atomic E-state index is 13.3. The Morgan fingerprint density at radius 1 is 1.05 bits per heavy atom. The van der Waals surface area contributed by atoms with Gasteiger partial charge in [-0.05, 0) is 70.9 Å². The Bertz CT molecular complexity index is 569. The normalized spacial score (nSPS) is 12.4. The molecule has 106 valence electrons. The summed E-state index contributed by atoms with van der Waals surface area (Å²) in [6.45, 7) is 2.85. The fourth-order valence-corrected chi connectivity index (χ4v) is 2.51. The van der Waals surface area contributed by atoms with Crippen LogP contribution in [0.2, 0.25) is 0 Å². The van der Waals surface area contributed by atoms with Crippen LogP contribution in [0.3, 0.4) is 0 Å². The first-order valence-corrected chi connectivity index (χ1v) is 7.60. The second-order valence-electron chi connectivity index (χ2n) is 4.61. The molecular formula is C16H16F2IN. The summed E-state index contributed by atoms with van der Waals surface area (Å²) in [4.78, 5) is 0. The first kappa shape index (κ1) is 15.4. The topological polar surface area (TPSA) is 12.0 Å². The molecule has 1 unspecified atom stereocenters. The number of hydrogen-bond donors (Lipinski definition) is 1. The smallest absolute Gasteiger partial charge is 0.159 e. The largest absolute Gasteiger partial charge is 0.310 e. The Kier molecular flexibility index (Phi) is 5.48. The maximum absolute atomic E-state index is 13.3. The minimum Gasteiger partial charge on any atom is -0.310 e. The van der Waals surface area contributed by atoms with Crippen molar-refractivity contribution in [1.82, 2.24) is 5.32 Å². The van der Waals surface area contributed by atoms with Gasteiger partial charge in [0.2, 0.25) is 0 Å². The Morgan fingerprint density at radius 3 is 2.35 bits per heavy atom. The van der Waals surface area contributed by atoms with Crippen molar-refractivity contribution >= 4 is 22.6 Å². The number of nitrogens with one attached hydrogen (secondary N) is 1. The van der Waals surface area contributed by atoms with Crippen LogP contribution in [0, 0.1) is 15.2 Å². The third-order valence-electron chi connectivity index (χ3n) is 3.15. The van der Waals surface area contributed by atoms with E-state index in [2.05, 4.69) is 40.0 Å². The molecule has 0 bridgehead atoms. The molecule has 0 amide bonds. The molecule has 0 radical (unpaired) electrons. The van der Waals surface area contributed by atoms with Gasteiger partial charge in [0.25, 0.3) is 0 Å². The second kappa shape index (κ2) is 7.13. The third kappa shape index (κ3) is 3.99. The van der Waals surface area contributed by atoms with Crippen molar-refractivity contribution in [2.45, 2.75) is 19.4 Å². The first-order valence-electron chi connectivity index (χ1n) is 6.53. The molecule has 2 aromatic rings. The molecule has 0 fully saturated rings. The molecule has 0 aliphatic carbocycles. The van der Waals surface area contributed by atoms with E-state index in [-0.39, 0.29) is 6.04 Å². The van der Waals surface area contributed by atoms with Crippen molar-refractivity contribution in [3.05, 3.63) is 68.8 Å². The average molecular weight is 387 g/mol. The highest BCUT2D eigenvalue weighted by Crippen LogP contribution is 2.21. The third-order valence-corrected chi connectivity index (χ3v) is 3.87. The molecule has 1 atom stereocenters. The van der Waals surface area contributed by atoms with Crippen LogP contribution in [-0.4, -0.2) is 6.54 Å². The highest BCUT2D eigenvalue weighted by atomic mass is 127. The Hall–Kier alpha value is -1.01. The van der Waals surface area contributed by atoms with Crippen LogP contribution in [0.15, 0.2) is 42.5 Å². The molecule has 2 aromatic carbocycles. The molecule has 0 aliphatic rings. The van der Waals surface area contributed by atoms with E-state index in [1.165, 1.54) is 15.7 Å². The molecular weight excluding hydrogens is 371 g/mol. The zero-order chi connectivity index (χ0) is 14.5. The van der Waals surface area contributed by atoms with Gasteiger partial charge in [0, 0.05) is 9.61 Å². The summed E-state index contributed by atoms with van der Waals surface area (Å²) in [6.07, 6.45) is 0.631. The minimum absolute atomic E-state index is 0.0989. The van der Waals surface area contributed by atoms with Crippen molar-refractivity contribution in [3.63, 3.8) is 0 Å². The minimum atomic E-state index is -0.803. The number of hydrogen-bond acceptors (Lipinski definition) is 1.